The number of rotatable bonds is 7. The molecule has 4 heteroatoms. The summed E-state index contributed by atoms with van der Waals surface area (Å²) in [5.74, 6) is 0. The van der Waals surface area contributed by atoms with Crippen LogP contribution in [0.4, 0.5) is 9.57 Å². The van der Waals surface area contributed by atoms with Crippen LogP contribution in [-0.4, -0.2) is 4.98 Å². The van der Waals surface area contributed by atoms with Gasteiger partial charge < -0.3 is 10.7 Å². The van der Waals surface area contributed by atoms with Crippen molar-refractivity contribution in [1.82, 2.24) is 4.98 Å². The summed E-state index contributed by atoms with van der Waals surface area (Å²) >= 11 is 0.263. The highest BCUT2D eigenvalue weighted by atomic mass is 32.2. The third-order valence-corrected chi connectivity index (χ3v) is 4.84. The van der Waals surface area contributed by atoms with Gasteiger partial charge in [0.2, 0.25) is 0 Å². The van der Waals surface area contributed by atoms with Crippen LogP contribution in [0.2, 0.25) is 0 Å². The van der Waals surface area contributed by atoms with Crippen molar-refractivity contribution in [2.45, 2.75) is 43.9 Å². The number of nitrogen functional groups attached to an aromatic ring is 1. The first-order valence-corrected chi connectivity index (χ1v) is 9.23. The molecule has 0 aliphatic rings. The number of aryl methyl sites for hydroxylation is 1. The molecule has 0 radical (unpaired) electrons. The molecule has 1 aromatic heterocycles. The quantitative estimate of drug-likeness (QED) is 0.379. The van der Waals surface area contributed by atoms with Crippen LogP contribution in [-0.2, 0) is 6.42 Å². The van der Waals surface area contributed by atoms with Gasteiger partial charge in [0.05, 0.1) is 23.4 Å². The van der Waals surface area contributed by atoms with Crippen molar-refractivity contribution in [3.63, 3.8) is 0 Å². The lowest BCUT2D eigenvalue weighted by Gasteiger charge is -2.04. The van der Waals surface area contributed by atoms with Crippen molar-refractivity contribution in [3.05, 3.63) is 48.0 Å². The van der Waals surface area contributed by atoms with Crippen molar-refractivity contribution in [1.29, 1.82) is 0 Å². The summed E-state index contributed by atoms with van der Waals surface area (Å²) in [7, 11) is 0. The Morgan fingerprint density at radius 1 is 1.04 bits per heavy atom. The van der Waals surface area contributed by atoms with Crippen molar-refractivity contribution >= 4 is 28.7 Å². The zero-order valence-electron chi connectivity index (χ0n) is 13.9. The summed E-state index contributed by atoms with van der Waals surface area (Å²) in [5, 5.41) is 1.14. The average Bonchev–Trinajstić information content (AvgIpc) is 3.03. The van der Waals surface area contributed by atoms with Crippen LogP contribution >= 0.6 is 12.1 Å². The molecule has 0 saturated heterocycles. The molecule has 0 saturated carbocycles. The average molecular weight is 342 g/mol. The first kappa shape index (κ1) is 16.9. The highest BCUT2D eigenvalue weighted by Gasteiger charge is 2.08. The van der Waals surface area contributed by atoms with Crippen LogP contribution in [0.3, 0.4) is 0 Å². The Balaban J connectivity index is 1.85. The van der Waals surface area contributed by atoms with Gasteiger partial charge in [0.1, 0.15) is 0 Å². The number of benzene rings is 2. The highest BCUT2D eigenvalue weighted by Crippen LogP contribution is 2.30. The Hall–Kier alpha value is -1.94. The number of nitrogens with one attached hydrogen (secondary N) is 1. The van der Waals surface area contributed by atoms with E-state index in [0.29, 0.717) is 4.90 Å². The first-order valence-electron chi connectivity index (χ1n) is 8.51. The zero-order chi connectivity index (χ0) is 16.9. The molecule has 0 spiro atoms. The summed E-state index contributed by atoms with van der Waals surface area (Å²) < 4.78 is 12.6. The number of aromatic amines is 1. The van der Waals surface area contributed by atoms with Crippen molar-refractivity contribution in [2.75, 3.05) is 5.73 Å². The van der Waals surface area contributed by atoms with Crippen LogP contribution in [0.15, 0.2) is 47.4 Å². The molecule has 24 heavy (non-hydrogen) atoms. The van der Waals surface area contributed by atoms with Crippen molar-refractivity contribution in [2.24, 2.45) is 0 Å². The summed E-state index contributed by atoms with van der Waals surface area (Å²) in [6, 6.07) is 13.9. The summed E-state index contributed by atoms with van der Waals surface area (Å²) in [5.41, 5.74) is 11.4. The Bertz CT molecular complexity index is 808. The summed E-state index contributed by atoms with van der Waals surface area (Å²) in [6.07, 6.45) is 6.09. The SMILES string of the molecule is CCCCCCc1cc(N)c2[nH]c(-c3ccc(SF)cc3)cc2c1. The second kappa shape index (κ2) is 7.75. The zero-order valence-corrected chi connectivity index (χ0v) is 14.8. The van der Waals surface area contributed by atoms with E-state index >= 15 is 0 Å². The lowest BCUT2D eigenvalue weighted by molar-refractivity contribution is 0.667. The molecule has 0 aliphatic heterocycles. The molecule has 1 heterocycles. The van der Waals surface area contributed by atoms with Gasteiger partial charge in [-0.3, -0.25) is 0 Å². The van der Waals surface area contributed by atoms with E-state index in [9.17, 15) is 3.89 Å². The molecule has 0 fully saturated rings. The van der Waals surface area contributed by atoms with Crippen LogP contribution in [0.5, 0.6) is 0 Å². The molecule has 0 aliphatic carbocycles. The highest BCUT2D eigenvalue weighted by molar-refractivity contribution is 7.94. The smallest absolute Gasteiger partial charge is 0.0812 e. The largest absolute Gasteiger partial charge is 0.397 e. The van der Waals surface area contributed by atoms with E-state index in [2.05, 4.69) is 30.1 Å². The fraction of sp³-hybridized carbons (Fsp3) is 0.300. The molecular weight excluding hydrogens is 319 g/mol. The molecule has 3 N–H and O–H groups in total. The molecule has 3 rings (SSSR count). The molecule has 3 aromatic rings. The first-order chi connectivity index (χ1) is 11.7. The molecule has 0 amide bonds. The second-order valence-corrected chi connectivity index (χ2v) is 6.87. The van der Waals surface area contributed by atoms with Gasteiger partial charge >= 0.3 is 0 Å². The third kappa shape index (κ3) is 3.75. The predicted molar refractivity (Wildman–Crippen MR) is 103 cm³/mol. The number of hydrogen-bond donors (Lipinski definition) is 2. The van der Waals surface area contributed by atoms with Crippen molar-refractivity contribution < 1.29 is 3.89 Å². The Morgan fingerprint density at radius 3 is 2.54 bits per heavy atom. The minimum absolute atomic E-state index is 0.263. The van der Waals surface area contributed by atoms with Gasteiger partial charge in [0.15, 0.2) is 0 Å². The molecule has 2 nitrogen and oxygen atoms in total. The summed E-state index contributed by atoms with van der Waals surface area (Å²) in [4.78, 5) is 4.01. The number of anilines is 1. The Labute approximate surface area is 146 Å². The van der Waals surface area contributed by atoms with E-state index in [1.807, 2.05) is 12.1 Å². The molecule has 0 unspecified atom stereocenters. The van der Waals surface area contributed by atoms with E-state index in [1.165, 1.54) is 31.2 Å². The normalized spacial score (nSPS) is 11.2. The predicted octanol–water partition coefficient (Wildman–Crippen LogP) is 6.52. The van der Waals surface area contributed by atoms with E-state index < -0.39 is 0 Å². The fourth-order valence-corrected chi connectivity index (χ4v) is 3.32. The van der Waals surface area contributed by atoms with Crippen LogP contribution in [0, 0.1) is 0 Å². The standard InChI is InChI=1S/C20H23FN2S/c1-2-3-4-5-6-14-11-16-13-19(23-20(16)18(22)12-14)15-7-9-17(24-21)10-8-15/h7-13,23H,2-6,22H2,1H3. The number of unbranched alkanes of at least 4 members (excludes halogenated alkanes) is 3. The molecule has 0 atom stereocenters. The number of aromatic nitrogens is 1. The number of nitrogens with two attached hydrogens (primary N) is 1. The Morgan fingerprint density at radius 2 is 1.83 bits per heavy atom. The van der Waals surface area contributed by atoms with Crippen LogP contribution < -0.4 is 5.73 Å². The van der Waals surface area contributed by atoms with E-state index in [0.717, 1.165) is 34.3 Å². The van der Waals surface area contributed by atoms with Gasteiger partial charge in [-0.2, -0.15) is 3.89 Å². The van der Waals surface area contributed by atoms with Crippen molar-refractivity contribution in [3.8, 4) is 11.3 Å². The maximum Gasteiger partial charge on any atom is 0.0812 e. The van der Waals surface area contributed by atoms with E-state index in [-0.39, 0.29) is 12.1 Å². The van der Waals surface area contributed by atoms with Crippen LogP contribution in [0.25, 0.3) is 22.2 Å². The van der Waals surface area contributed by atoms with Crippen LogP contribution in [0.1, 0.15) is 38.2 Å². The minimum Gasteiger partial charge on any atom is -0.397 e. The van der Waals surface area contributed by atoms with Gasteiger partial charge in [-0.25, -0.2) is 0 Å². The lowest BCUT2D eigenvalue weighted by atomic mass is 10.0. The molecule has 126 valence electrons. The number of halogens is 1. The number of hydrogen-bond acceptors (Lipinski definition) is 2. The molecule has 2 aromatic carbocycles. The molecular formula is C20H23FN2S. The van der Waals surface area contributed by atoms with E-state index in [1.54, 1.807) is 12.1 Å². The van der Waals surface area contributed by atoms with Gasteiger partial charge in [-0.15, -0.1) is 0 Å². The topological polar surface area (TPSA) is 41.8 Å². The van der Waals surface area contributed by atoms with Gasteiger partial charge in [-0.1, -0.05) is 38.3 Å². The number of H-pyrrole nitrogens is 1. The van der Waals surface area contributed by atoms with E-state index in [4.69, 9.17) is 5.73 Å². The second-order valence-electron chi connectivity index (χ2n) is 6.24. The van der Waals surface area contributed by atoms with Gasteiger partial charge in [-0.05, 0) is 54.3 Å². The molecule has 0 bridgehead atoms. The maximum absolute atomic E-state index is 12.6. The number of fused-ring (bicyclic) bond motifs is 1. The maximum atomic E-state index is 12.6. The third-order valence-electron chi connectivity index (χ3n) is 4.39. The monoisotopic (exact) mass is 342 g/mol. The Kier molecular flexibility index (Phi) is 5.46. The fourth-order valence-electron chi connectivity index (χ4n) is 3.08. The minimum atomic E-state index is 0.263. The summed E-state index contributed by atoms with van der Waals surface area (Å²) in [6.45, 7) is 2.23. The lowest BCUT2D eigenvalue weighted by Crippen LogP contribution is -1.91. The van der Waals surface area contributed by atoms with Gasteiger partial charge in [0.25, 0.3) is 0 Å². The van der Waals surface area contributed by atoms with Gasteiger partial charge in [0, 0.05) is 16.0 Å².